The molecule has 1 aliphatic rings. The Balaban J connectivity index is 1.58. The van der Waals surface area contributed by atoms with Gasteiger partial charge in [-0.25, -0.2) is 15.0 Å². The van der Waals surface area contributed by atoms with Crippen LogP contribution in [0.25, 0.3) is 11.2 Å². The van der Waals surface area contributed by atoms with Crippen LogP contribution in [0.1, 0.15) is 16.8 Å². The predicted molar refractivity (Wildman–Crippen MR) is 114 cm³/mol. The first-order chi connectivity index (χ1) is 14.7. The van der Waals surface area contributed by atoms with Crippen LogP contribution < -0.4 is 9.47 Å². The second-order valence-electron chi connectivity index (χ2n) is 6.96. The zero-order valence-corrected chi connectivity index (χ0v) is 17.2. The van der Waals surface area contributed by atoms with Gasteiger partial charge >= 0.3 is 0 Å². The van der Waals surface area contributed by atoms with Crippen LogP contribution in [0.15, 0.2) is 36.5 Å². The number of morpholine rings is 1. The molecule has 3 aromatic rings. The van der Waals surface area contributed by atoms with Crippen molar-refractivity contribution in [2.24, 2.45) is 0 Å². The average molecular weight is 404 g/mol. The molecular weight excluding hydrogens is 380 g/mol. The van der Waals surface area contributed by atoms with Gasteiger partial charge in [0.05, 0.1) is 20.3 Å². The number of nitrogens with zero attached hydrogens (tertiary/aromatic N) is 4. The van der Waals surface area contributed by atoms with Crippen molar-refractivity contribution in [2.75, 3.05) is 46.6 Å². The van der Waals surface area contributed by atoms with Crippen molar-refractivity contribution in [1.29, 1.82) is 0 Å². The molecule has 0 spiro atoms. The van der Waals surface area contributed by atoms with Crippen LogP contribution in [0.4, 0.5) is 0 Å². The van der Waals surface area contributed by atoms with Crippen molar-refractivity contribution in [1.82, 2.24) is 19.9 Å². The van der Waals surface area contributed by atoms with Gasteiger partial charge < -0.3 is 14.2 Å². The molecule has 0 atom stereocenters. The van der Waals surface area contributed by atoms with Crippen LogP contribution in [-0.4, -0.2) is 66.4 Å². The predicted octanol–water partition coefficient (Wildman–Crippen LogP) is 2.45. The number of hydrogen-bond acceptors (Lipinski definition) is 7. The van der Waals surface area contributed by atoms with E-state index in [9.17, 15) is 0 Å². The van der Waals surface area contributed by atoms with E-state index in [1.54, 1.807) is 13.3 Å². The Kier molecular flexibility index (Phi) is 6.38. The van der Waals surface area contributed by atoms with Gasteiger partial charge in [0.2, 0.25) is 5.88 Å². The molecule has 0 radical (unpaired) electrons. The number of aromatic nitrogens is 3. The van der Waals surface area contributed by atoms with Crippen LogP contribution in [0.5, 0.6) is 11.6 Å². The third kappa shape index (κ3) is 4.85. The Bertz CT molecular complexity index is 1080. The molecule has 4 rings (SSSR count). The topological polar surface area (TPSA) is 69.6 Å². The molecule has 3 heterocycles. The molecule has 0 bridgehead atoms. The third-order valence-electron chi connectivity index (χ3n) is 4.91. The largest absolute Gasteiger partial charge is 0.497 e. The van der Waals surface area contributed by atoms with Crippen molar-refractivity contribution in [2.45, 2.75) is 6.92 Å². The van der Waals surface area contributed by atoms with E-state index in [-0.39, 0.29) is 0 Å². The van der Waals surface area contributed by atoms with Gasteiger partial charge in [0.25, 0.3) is 0 Å². The van der Waals surface area contributed by atoms with Gasteiger partial charge in [-0.3, -0.25) is 4.90 Å². The number of pyridine rings is 1. The Hall–Kier alpha value is -3.21. The van der Waals surface area contributed by atoms with E-state index in [1.165, 1.54) is 0 Å². The number of fused-ring (bicyclic) bond motifs is 1. The molecule has 1 fully saturated rings. The molecule has 0 saturated carbocycles. The highest BCUT2D eigenvalue weighted by Crippen LogP contribution is 2.19. The fourth-order valence-electron chi connectivity index (χ4n) is 3.19. The molecule has 0 amide bonds. The quantitative estimate of drug-likeness (QED) is 0.605. The summed E-state index contributed by atoms with van der Waals surface area (Å²) >= 11 is 0. The molecule has 0 aliphatic carbocycles. The monoisotopic (exact) mass is 404 g/mol. The molecule has 7 nitrogen and oxygen atoms in total. The highest BCUT2D eigenvalue weighted by atomic mass is 16.5. The maximum Gasteiger partial charge on any atom is 0.249 e. The molecule has 0 unspecified atom stereocenters. The Labute approximate surface area is 176 Å². The SMILES string of the molecule is COc1ccc(C#Cc2nc3ncccc3nc2OCCN2CCOCC2)c(C)c1. The fraction of sp³-hybridized carbons (Fsp3) is 0.348. The minimum Gasteiger partial charge on any atom is -0.497 e. The minimum atomic E-state index is 0.433. The number of methoxy groups -OCH3 is 1. The molecule has 154 valence electrons. The summed E-state index contributed by atoms with van der Waals surface area (Å²) < 4.78 is 16.7. The van der Waals surface area contributed by atoms with Gasteiger partial charge in [-0.1, -0.05) is 5.92 Å². The average Bonchev–Trinajstić information content (AvgIpc) is 2.79. The summed E-state index contributed by atoms with van der Waals surface area (Å²) in [7, 11) is 1.65. The van der Waals surface area contributed by atoms with E-state index in [2.05, 4.69) is 31.7 Å². The number of rotatable bonds is 5. The second-order valence-corrected chi connectivity index (χ2v) is 6.96. The normalized spacial score (nSPS) is 14.2. The maximum absolute atomic E-state index is 6.00. The molecule has 7 heteroatoms. The Morgan fingerprint density at radius 2 is 2.00 bits per heavy atom. The zero-order valence-electron chi connectivity index (χ0n) is 17.2. The standard InChI is InChI=1S/C23H24N4O3/c1-17-16-19(28-2)7-5-18(17)6-8-21-23(26-20-4-3-9-24-22(20)25-21)30-15-12-27-10-13-29-14-11-27/h3-5,7,9,16H,10-15H2,1-2H3. The van der Waals surface area contributed by atoms with Gasteiger partial charge in [0.1, 0.15) is 17.9 Å². The molecule has 1 aliphatic heterocycles. The minimum absolute atomic E-state index is 0.433. The van der Waals surface area contributed by atoms with Crippen LogP contribution in [-0.2, 0) is 4.74 Å². The summed E-state index contributed by atoms with van der Waals surface area (Å²) in [6.45, 7) is 6.68. The summed E-state index contributed by atoms with van der Waals surface area (Å²) in [5.74, 6) is 7.55. The van der Waals surface area contributed by atoms with Gasteiger partial charge in [-0.05, 0) is 48.7 Å². The van der Waals surface area contributed by atoms with Crippen molar-refractivity contribution in [3.63, 3.8) is 0 Å². The van der Waals surface area contributed by atoms with Crippen LogP contribution in [0.3, 0.4) is 0 Å². The summed E-state index contributed by atoms with van der Waals surface area (Å²) in [6, 6.07) is 9.49. The number of hydrogen-bond donors (Lipinski definition) is 0. The van der Waals surface area contributed by atoms with Crippen LogP contribution >= 0.6 is 0 Å². The molecule has 30 heavy (non-hydrogen) atoms. The number of ether oxygens (including phenoxy) is 3. The van der Waals surface area contributed by atoms with E-state index in [0.29, 0.717) is 29.3 Å². The smallest absolute Gasteiger partial charge is 0.249 e. The molecule has 1 saturated heterocycles. The highest BCUT2D eigenvalue weighted by molar-refractivity contribution is 5.71. The van der Waals surface area contributed by atoms with E-state index in [4.69, 9.17) is 14.2 Å². The van der Waals surface area contributed by atoms with E-state index < -0.39 is 0 Å². The third-order valence-corrected chi connectivity index (χ3v) is 4.91. The van der Waals surface area contributed by atoms with Crippen molar-refractivity contribution < 1.29 is 14.2 Å². The summed E-state index contributed by atoms with van der Waals surface area (Å²) in [5.41, 5.74) is 3.65. The molecule has 0 N–H and O–H groups in total. The fourth-order valence-corrected chi connectivity index (χ4v) is 3.19. The van der Waals surface area contributed by atoms with Crippen molar-refractivity contribution in [3.8, 4) is 23.5 Å². The van der Waals surface area contributed by atoms with Crippen LogP contribution in [0, 0.1) is 18.8 Å². The van der Waals surface area contributed by atoms with Gasteiger partial charge in [-0.15, -0.1) is 0 Å². The van der Waals surface area contributed by atoms with Crippen molar-refractivity contribution >= 4 is 11.2 Å². The van der Waals surface area contributed by atoms with E-state index >= 15 is 0 Å². The number of benzene rings is 1. The van der Waals surface area contributed by atoms with E-state index in [1.807, 2.05) is 37.3 Å². The Morgan fingerprint density at radius 3 is 2.80 bits per heavy atom. The van der Waals surface area contributed by atoms with Crippen molar-refractivity contribution in [3.05, 3.63) is 53.3 Å². The second kappa shape index (κ2) is 9.53. The molecular formula is C23H24N4O3. The summed E-state index contributed by atoms with van der Waals surface area (Å²) in [5, 5.41) is 0. The zero-order chi connectivity index (χ0) is 20.8. The van der Waals surface area contributed by atoms with Gasteiger partial charge in [0, 0.05) is 31.4 Å². The van der Waals surface area contributed by atoms with Gasteiger partial charge in [-0.2, -0.15) is 0 Å². The number of aryl methyl sites for hydroxylation is 1. The van der Waals surface area contributed by atoms with Crippen LogP contribution in [0.2, 0.25) is 0 Å². The lowest BCUT2D eigenvalue weighted by Gasteiger charge is -2.26. The lowest BCUT2D eigenvalue weighted by Crippen LogP contribution is -2.38. The Morgan fingerprint density at radius 1 is 1.13 bits per heavy atom. The van der Waals surface area contributed by atoms with Gasteiger partial charge in [0.15, 0.2) is 11.3 Å². The lowest BCUT2D eigenvalue weighted by molar-refractivity contribution is 0.0320. The first kappa shape index (κ1) is 20.1. The highest BCUT2D eigenvalue weighted by Gasteiger charge is 2.13. The first-order valence-electron chi connectivity index (χ1n) is 9.95. The lowest BCUT2D eigenvalue weighted by atomic mass is 10.1. The molecule has 2 aromatic heterocycles. The van der Waals surface area contributed by atoms with E-state index in [0.717, 1.165) is 49.7 Å². The molecule has 1 aromatic carbocycles. The summed E-state index contributed by atoms with van der Waals surface area (Å²) in [4.78, 5) is 15.8. The first-order valence-corrected chi connectivity index (χ1v) is 9.95. The maximum atomic E-state index is 6.00. The summed E-state index contributed by atoms with van der Waals surface area (Å²) in [6.07, 6.45) is 1.70.